The van der Waals surface area contributed by atoms with E-state index in [-0.39, 0.29) is 0 Å². The zero-order valence-corrected chi connectivity index (χ0v) is 16.7. The van der Waals surface area contributed by atoms with Crippen molar-refractivity contribution in [1.29, 1.82) is 0 Å². The lowest BCUT2D eigenvalue weighted by atomic mass is 9.90. The Hall–Kier alpha value is -1.94. The van der Waals surface area contributed by atoms with Crippen molar-refractivity contribution in [1.82, 2.24) is 14.9 Å². The van der Waals surface area contributed by atoms with E-state index in [4.69, 9.17) is 9.72 Å². The molecule has 1 aliphatic heterocycles. The second-order valence-corrected chi connectivity index (χ2v) is 7.70. The van der Waals surface area contributed by atoms with Gasteiger partial charge in [-0.3, -0.25) is 9.88 Å². The molecular formula is C22H31N3O. The van der Waals surface area contributed by atoms with E-state index < -0.39 is 0 Å². The highest BCUT2D eigenvalue weighted by Gasteiger charge is 2.26. The van der Waals surface area contributed by atoms with E-state index in [0.29, 0.717) is 17.8 Å². The van der Waals surface area contributed by atoms with E-state index in [1.165, 1.54) is 24.0 Å². The lowest BCUT2D eigenvalue weighted by molar-refractivity contribution is 0.128. The minimum atomic E-state index is 0.314. The standard InChI is InChI=1S/C22H31N3O/c1-15-8-9-21(26-5)24-22(15)18(4)25-10-6-7-19(14-25)13-20-11-16(2)23-17(3)12-20/h8-9,11-12,18-19H,6-7,10,13-14H2,1-5H3/t18-,19+/m0/s1. The van der Waals surface area contributed by atoms with Crippen LogP contribution in [0.25, 0.3) is 0 Å². The summed E-state index contributed by atoms with van der Waals surface area (Å²) in [6.45, 7) is 10.9. The Morgan fingerprint density at radius 3 is 2.58 bits per heavy atom. The molecule has 0 N–H and O–H groups in total. The fraction of sp³-hybridized carbons (Fsp3) is 0.545. The highest BCUT2D eigenvalue weighted by Crippen LogP contribution is 2.30. The maximum Gasteiger partial charge on any atom is 0.213 e. The van der Waals surface area contributed by atoms with Gasteiger partial charge in [-0.15, -0.1) is 0 Å². The molecule has 2 aromatic heterocycles. The zero-order chi connectivity index (χ0) is 18.7. The van der Waals surface area contributed by atoms with Crippen molar-refractivity contribution < 1.29 is 4.74 Å². The summed E-state index contributed by atoms with van der Waals surface area (Å²) in [6, 6.07) is 8.85. The molecule has 0 spiro atoms. The number of methoxy groups -OCH3 is 1. The van der Waals surface area contributed by atoms with E-state index >= 15 is 0 Å². The van der Waals surface area contributed by atoms with Gasteiger partial charge in [0.25, 0.3) is 0 Å². The Kier molecular flexibility index (Phi) is 5.92. The Morgan fingerprint density at radius 2 is 1.88 bits per heavy atom. The fourth-order valence-electron chi connectivity index (χ4n) is 4.22. The second-order valence-electron chi connectivity index (χ2n) is 7.70. The quantitative estimate of drug-likeness (QED) is 0.797. The molecule has 0 radical (unpaired) electrons. The van der Waals surface area contributed by atoms with Crippen LogP contribution in [0.1, 0.15) is 54.0 Å². The highest BCUT2D eigenvalue weighted by molar-refractivity contribution is 5.27. The lowest BCUT2D eigenvalue weighted by Crippen LogP contribution is -2.38. The number of pyridine rings is 2. The molecule has 2 atom stereocenters. The molecule has 3 heterocycles. The Bertz CT molecular complexity index is 739. The molecule has 0 aliphatic carbocycles. The maximum absolute atomic E-state index is 5.33. The van der Waals surface area contributed by atoms with E-state index in [1.54, 1.807) is 7.11 Å². The van der Waals surface area contributed by atoms with Gasteiger partial charge in [-0.05, 0) is 82.7 Å². The number of likely N-dealkylation sites (tertiary alicyclic amines) is 1. The fourth-order valence-corrected chi connectivity index (χ4v) is 4.22. The second kappa shape index (κ2) is 8.17. The van der Waals surface area contributed by atoms with Crippen LogP contribution in [0.4, 0.5) is 0 Å². The summed E-state index contributed by atoms with van der Waals surface area (Å²) < 4.78 is 5.33. The normalized spacial score (nSPS) is 19.3. The molecule has 0 amide bonds. The van der Waals surface area contributed by atoms with Crippen molar-refractivity contribution in [2.45, 2.75) is 53.0 Å². The summed E-state index contributed by atoms with van der Waals surface area (Å²) >= 11 is 0. The molecule has 26 heavy (non-hydrogen) atoms. The molecule has 0 bridgehead atoms. The van der Waals surface area contributed by atoms with Crippen molar-refractivity contribution in [3.05, 3.63) is 52.5 Å². The van der Waals surface area contributed by atoms with Gasteiger partial charge in [0.15, 0.2) is 0 Å². The van der Waals surface area contributed by atoms with Crippen LogP contribution in [0.3, 0.4) is 0 Å². The van der Waals surface area contributed by atoms with E-state index in [9.17, 15) is 0 Å². The summed E-state index contributed by atoms with van der Waals surface area (Å²) in [4.78, 5) is 11.8. The van der Waals surface area contributed by atoms with Gasteiger partial charge in [-0.2, -0.15) is 0 Å². The summed E-state index contributed by atoms with van der Waals surface area (Å²) in [5, 5.41) is 0. The van der Waals surface area contributed by atoms with Crippen LogP contribution in [-0.2, 0) is 6.42 Å². The number of aryl methyl sites for hydroxylation is 3. The molecule has 4 nitrogen and oxygen atoms in total. The maximum atomic E-state index is 5.33. The molecular weight excluding hydrogens is 322 g/mol. The molecule has 1 aliphatic rings. The SMILES string of the molecule is COc1ccc(C)c([C@H](C)N2CCC[C@H](Cc3cc(C)nc(C)c3)C2)n1. The molecule has 3 rings (SSSR count). The zero-order valence-electron chi connectivity index (χ0n) is 16.7. The van der Waals surface area contributed by atoms with E-state index in [1.807, 2.05) is 6.07 Å². The van der Waals surface area contributed by atoms with Crippen LogP contribution >= 0.6 is 0 Å². The minimum absolute atomic E-state index is 0.314. The Morgan fingerprint density at radius 1 is 1.15 bits per heavy atom. The van der Waals surface area contributed by atoms with Crippen molar-refractivity contribution in [3.8, 4) is 5.88 Å². The van der Waals surface area contributed by atoms with Gasteiger partial charge in [-0.25, -0.2) is 4.98 Å². The first kappa shape index (κ1) is 18.8. The number of ether oxygens (including phenoxy) is 1. The van der Waals surface area contributed by atoms with Crippen LogP contribution in [0.15, 0.2) is 24.3 Å². The molecule has 0 saturated carbocycles. The number of hydrogen-bond acceptors (Lipinski definition) is 4. The summed E-state index contributed by atoms with van der Waals surface area (Å²) in [7, 11) is 1.68. The molecule has 1 fully saturated rings. The Balaban J connectivity index is 1.71. The highest BCUT2D eigenvalue weighted by atomic mass is 16.5. The topological polar surface area (TPSA) is 38.2 Å². The predicted molar refractivity (Wildman–Crippen MR) is 106 cm³/mol. The minimum Gasteiger partial charge on any atom is -0.481 e. The summed E-state index contributed by atoms with van der Waals surface area (Å²) in [5.41, 5.74) is 6.04. The van der Waals surface area contributed by atoms with E-state index in [0.717, 1.165) is 36.6 Å². The first-order valence-corrected chi connectivity index (χ1v) is 9.66. The molecule has 4 heteroatoms. The van der Waals surface area contributed by atoms with Gasteiger partial charge in [-0.1, -0.05) is 6.07 Å². The smallest absolute Gasteiger partial charge is 0.213 e. The van der Waals surface area contributed by atoms with Crippen LogP contribution in [0, 0.1) is 26.7 Å². The van der Waals surface area contributed by atoms with Gasteiger partial charge >= 0.3 is 0 Å². The number of hydrogen-bond donors (Lipinski definition) is 0. The van der Waals surface area contributed by atoms with Gasteiger partial charge in [0, 0.05) is 30.0 Å². The first-order chi connectivity index (χ1) is 12.5. The number of rotatable bonds is 5. The average Bonchev–Trinajstić information content (AvgIpc) is 2.61. The van der Waals surface area contributed by atoms with Crippen molar-refractivity contribution in [2.24, 2.45) is 5.92 Å². The molecule has 0 unspecified atom stereocenters. The summed E-state index contributed by atoms with van der Waals surface area (Å²) in [5.74, 6) is 1.40. The van der Waals surface area contributed by atoms with Crippen LogP contribution in [-0.4, -0.2) is 35.1 Å². The predicted octanol–water partition coefficient (Wildman–Crippen LogP) is 4.43. The first-order valence-electron chi connectivity index (χ1n) is 9.66. The van der Waals surface area contributed by atoms with Gasteiger partial charge in [0.1, 0.15) is 0 Å². The third-order valence-corrected chi connectivity index (χ3v) is 5.48. The number of nitrogens with zero attached hydrogens (tertiary/aromatic N) is 3. The number of piperidine rings is 1. The van der Waals surface area contributed by atoms with Crippen molar-refractivity contribution >= 4 is 0 Å². The van der Waals surface area contributed by atoms with Crippen molar-refractivity contribution in [2.75, 3.05) is 20.2 Å². The van der Waals surface area contributed by atoms with Crippen molar-refractivity contribution in [3.63, 3.8) is 0 Å². The molecule has 140 valence electrons. The molecule has 0 aromatic carbocycles. The van der Waals surface area contributed by atoms with Crippen LogP contribution in [0.5, 0.6) is 5.88 Å². The largest absolute Gasteiger partial charge is 0.481 e. The third-order valence-electron chi connectivity index (χ3n) is 5.48. The molecule has 2 aromatic rings. The van der Waals surface area contributed by atoms with Gasteiger partial charge in [0.2, 0.25) is 5.88 Å². The Labute approximate surface area is 157 Å². The average molecular weight is 354 g/mol. The summed E-state index contributed by atoms with van der Waals surface area (Å²) in [6.07, 6.45) is 3.69. The molecule has 1 saturated heterocycles. The number of aromatic nitrogens is 2. The van der Waals surface area contributed by atoms with Crippen LogP contribution < -0.4 is 4.74 Å². The monoisotopic (exact) mass is 353 g/mol. The van der Waals surface area contributed by atoms with Gasteiger partial charge in [0.05, 0.1) is 12.8 Å². The van der Waals surface area contributed by atoms with Gasteiger partial charge < -0.3 is 4.74 Å². The third kappa shape index (κ3) is 4.42. The van der Waals surface area contributed by atoms with Crippen LogP contribution in [0.2, 0.25) is 0 Å². The van der Waals surface area contributed by atoms with E-state index in [2.05, 4.69) is 55.8 Å². The lowest BCUT2D eigenvalue weighted by Gasteiger charge is -2.37.